The number of hydrogen-bond acceptors (Lipinski definition) is 5. The maximum absolute atomic E-state index is 13.1. The van der Waals surface area contributed by atoms with E-state index < -0.39 is 11.7 Å². The highest BCUT2D eigenvalue weighted by atomic mass is 16.2. The maximum atomic E-state index is 13.1. The summed E-state index contributed by atoms with van der Waals surface area (Å²) in [5, 5.41) is 0.786. The second-order valence-electron chi connectivity index (χ2n) is 9.54. The van der Waals surface area contributed by atoms with E-state index in [-0.39, 0.29) is 6.04 Å². The molecule has 0 spiro atoms. The molecule has 0 saturated carbocycles. The Morgan fingerprint density at radius 2 is 1.53 bits per heavy atom. The summed E-state index contributed by atoms with van der Waals surface area (Å²) >= 11 is 0. The van der Waals surface area contributed by atoms with Crippen molar-refractivity contribution in [3.8, 4) is 0 Å². The minimum atomic E-state index is -0.448. The predicted molar refractivity (Wildman–Crippen MR) is 139 cm³/mol. The number of carbonyl (C=O) groups excluding carboxylic acids is 2. The molecule has 1 aliphatic rings. The Morgan fingerprint density at radius 1 is 0.917 bits per heavy atom. The molecule has 1 saturated heterocycles. The number of amides is 1. The number of fused-ring (bicyclic) bond motifs is 1. The molecule has 0 unspecified atom stereocenters. The van der Waals surface area contributed by atoms with Gasteiger partial charge in [-0.3, -0.25) is 24.5 Å². The van der Waals surface area contributed by atoms with E-state index in [4.69, 9.17) is 0 Å². The fourth-order valence-corrected chi connectivity index (χ4v) is 5.02. The summed E-state index contributed by atoms with van der Waals surface area (Å²) in [6, 6.07) is 15.9. The van der Waals surface area contributed by atoms with Crippen LogP contribution in [0, 0.1) is 13.8 Å². The molecule has 36 heavy (non-hydrogen) atoms. The van der Waals surface area contributed by atoms with Crippen LogP contribution in [-0.2, 0) is 17.9 Å². The molecule has 7 nitrogen and oxygen atoms in total. The zero-order chi connectivity index (χ0) is 25.1. The maximum Gasteiger partial charge on any atom is 0.295 e. The number of H-pyrrole nitrogens is 1. The number of likely N-dealkylation sites (tertiary alicyclic amines) is 1. The van der Waals surface area contributed by atoms with Crippen molar-refractivity contribution in [1.82, 2.24) is 24.8 Å². The first kappa shape index (κ1) is 23.9. The molecule has 1 fully saturated rings. The van der Waals surface area contributed by atoms with Crippen LogP contribution in [0.4, 0.5) is 0 Å². The Labute approximate surface area is 211 Å². The second kappa shape index (κ2) is 10.4. The first-order valence-corrected chi connectivity index (χ1v) is 12.5. The van der Waals surface area contributed by atoms with Crippen LogP contribution in [-0.4, -0.2) is 55.6 Å². The lowest BCUT2D eigenvalue weighted by molar-refractivity contribution is -0.128. The zero-order valence-corrected chi connectivity index (χ0v) is 20.8. The average molecular weight is 482 g/mol. The summed E-state index contributed by atoms with van der Waals surface area (Å²) in [5.74, 6) is -0.873. The molecule has 0 bridgehead atoms. The number of pyridine rings is 2. The van der Waals surface area contributed by atoms with Crippen LogP contribution < -0.4 is 0 Å². The summed E-state index contributed by atoms with van der Waals surface area (Å²) in [7, 11) is 0. The van der Waals surface area contributed by atoms with Crippen molar-refractivity contribution >= 4 is 22.6 Å². The van der Waals surface area contributed by atoms with Crippen LogP contribution in [0.3, 0.4) is 0 Å². The lowest BCUT2D eigenvalue weighted by atomic mass is 10.00. The van der Waals surface area contributed by atoms with E-state index in [1.54, 1.807) is 11.1 Å². The molecular weight excluding hydrogens is 450 g/mol. The summed E-state index contributed by atoms with van der Waals surface area (Å²) in [4.78, 5) is 42.6. The first-order valence-electron chi connectivity index (χ1n) is 12.5. The summed E-state index contributed by atoms with van der Waals surface area (Å²) < 4.78 is 0. The molecule has 1 aliphatic heterocycles. The number of aromatic amines is 1. The van der Waals surface area contributed by atoms with Crippen molar-refractivity contribution in [1.29, 1.82) is 0 Å². The summed E-state index contributed by atoms with van der Waals surface area (Å²) in [6.07, 6.45) is 6.91. The Morgan fingerprint density at radius 3 is 2.14 bits per heavy atom. The third-order valence-electron chi connectivity index (χ3n) is 7.24. The molecule has 1 amide bonds. The van der Waals surface area contributed by atoms with Crippen LogP contribution in [0.5, 0.6) is 0 Å². The summed E-state index contributed by atoms with van der Waals surface area (Å²) in [6.45, 7) is 6.71. The third kappa shape index (κ3) is 4.93. The van der Waals surface area contributed by atoms with Crippen molar-refractivity contribution in [2.24, 2.45) is 0 Å². The third-order valence-corrected chi connectivity index (χ3v) is 7.24. The molecule has 3 aromatic heterocycles. The van der Waals surface area contributed by atoms with Gasteiger partial charge >= 0.3 is 0 Å². The van der Waals surface area contributed by atoms with Crippen LogP contribution in [0.25, 0.3) is 10.9 Å². The fourth-order valence-electron chi connectivity index (χ4n) is 5.02. The average Bonchev–Trinajstić information content (AvgIpc) is 3.34. The van der Waals surface area contributed by atoms with Gasteiger partial charge in [0.25, 0.3) is 11.7 Å². The van der Waals surface area contributed by atoms with Gasteiger partial charge in [-0.05, 0) is 56.0 Å². The standard InChI is InChI=1S/C29H31N5O2/c1-20-7-5-13-30-26(20)18-34(19-27-21(2)8-6-14-31-27)22-11-15-33(16-12-22)29(36)28(35)24-17-32-25-10-4-3-9-23(24)25/h3-10,13-14,17,22,32H,11-12,15-16,18-19H2,1-2H3. The number of aryl methyl sites for hydroxylation is 2. The Bertz CT molecular complexity index is 1340. The van der Waals surface area contributed by atoms with Crippen LogP contribution in [0.15, 0.2) is 67.1 Å². The summed E-state index contributed by atoms with van der Waals surface area (Å²) in [5.41, 5.74) is 5.74. The monoisotopic (exact) mass is 481 g/mol. The minimum absolute atomic E-state index is 0.264. The van der Waals surface area contributed by atoms with E-state index in [2.05, 4.69) is 45.8 Å². The SMILES string of the molecule is Cc1cccnc1CN(Cc1ncccc1C)C1CCN(C(=O)C(=O)c2c[nH]c3ccccc23)CC1. The Hall–Kier alpha value is -3.84. The molecule has 0 aliphatic carbocycles. The van der Waals surface area contributed by atoms with Crippen LogP contribution in [0.1, 0.15) is 45.7 Å². The van der Waals surface area contributed by atoms with Crippen molar-refractivity contribution < 1.29 is 9.59 Å². The molecule has 184 valence electrons. The second-order valence-corrected chi connectivity index (χ2v) is 9.54. The normalized spacial score (nSPS) is 14.5. The van der Waals surface area contributed by atoms with Gasteiger partial charge in [-0.2, -0.15) is 0 Å². The van der Waals surface area contributed by atoms with Crippen molar-refractivity contribution in [2.45, 2.75) is 45.8 Å². The number of ketones is 1. The quantitative estimate of drug-likeness (QED) is 0.312. The van der Waals surface area contributed by atoms with Crippen LogP contribution >= 0.6 is 0 Å². The van der Waals surface area contributed by atoms with Gasteiger partial charge in [-0.15, -0.1) is 0 Å². The highest BCUT2D eigenvalue weighted by Crippen LogP contribution is 2.24. The van der Waals surface area contributed by atoms with E-state index in [9.17, 15) is 9.59 Å². The predicted octanol–water partition coefficient (Wildman–Crippen LogP) is 4.45. The van der Waals surface area contributed by atoms with E-state index in [1.165, 1.54) is 0 Å². The topological polar surface area (TPSA) is 82.2 Å². The molecule has 4 heterocycles. The first-order chi connectivity index (χ1) is 17.5. The van der Waals surface area contributed by atoms with E-state index >= 15 is 0 Å². The Kier molecular flexibility index (Phi) is 6.91. The molecular formula is C29H31N5O2. The molecule has 1 N–H and O–H groups in total. The zero-order valence-electron chi connectivity index (χ0n) is 20.8. The van der Waals surface area contributed by atoms with Gasteiger partial charge < -0.3 is 9.88 Å². The van der Waals surface area contributed by atoms with Crippen LogP contribution in [0.2, 0.25) is 0 Å². The molecule has 1 aromatic carbocycles. The van der Waals surface area contributed by atoms with Gasteiger partial charge in [0.2, 0.25) is 0 Å². The number of aromatic nitrogens is 3. The van der Waals surface area contributed by atoms with Gasteiger partial charge in [-0.1, -0.05) is 30.3 Å². The number of Topliss-reactive ketones (excluding diaryl/α,β-unsaturated/α-hetero) is 1. The number of para-hydroxylation sites is 1. The molecule has 4 aromatic rings. The molecule has 7 heteroatoms. The number of nitrogens with one attached hydrogen (secondary N) is 1. The molecule has 0 radical (unpaired) electrons. The highest BCUT2D eigenvalue weighted by Gasteiger charge is 2.31. The van der Waals surface area contributed by atoms with Crippen molar-refractivity contribution in [2.75, 3.05) is 13.1 Å². The Balaban J connectivity index is 1.30. The minimum Gasteiger partial charge on any atom is -0.360 e. The van der Waals surface area contributed by atoms with Gasteiger partial charge in [0.05, 0.1) is 17.0 Å². The largest absolute Gasteiger partial charge is 0.360 e. The fraction of sp³-hybridized carbons (Fsp3) is 0.310. The smallest absolute Gasteiger partial charge is 0.295 e. The number of piperidine rings is 1. The number of hydrogen-bond donors (Lipinski definition) is 1. The molecule has 0 atom stereocenters. The van der Waals surface area contributed by atoms with E-state index in [0.717, 1.165) is 59.3 Å². The number of nitrogens with zero attached hydrogens (tertiary/aromatic N) is 4. The highest BCUT2D eigenvalue weighted by molar-refractivity contribution is 6.44. The lowest BCUT2D eigenvalue weighted by Crippen LogP contribution is -2.48. The number of rotatable bonds is 7. The van der Waals surface area contributed by atoms with Gasteiger partial charge in [0.15, 0.2) is 0 Å². The number of carbonyl (C=O) groups is 2. The van der Waals surface area contributed by atoms with Crippen molar-refractivity contribution in [3.63, 3.8) is 0 Å². The van der Waals surface area contributed by atoms with Gasteiger partial charge in [0.1, 0.15) is 0 Å². The van der Waals surface area contributed by atoms with Gasteiger partial charge in [-0.25, -0.2) is 0 Å². The van der Waals surface area contributed by atoms with Crippen molar-refractivity contribution in [3.05, 3.63) is 95.2 Å². The van der Waals surface area contributed by atoms with E-state index in [0.29, 0.717) is 18.7 Å². The van der Waals surface area contributed by atoms with E-state index in [1.807, 2.05) is 48.8 Å². The lowest BCUT2D eigenvalue weighted by Gasteiger charge is -2.38. The number of benzene rings is 1. The molecule has 5 rings (SSSR count). The van der Waals surface area contributed by atoms with Gasteiger partial charge in [0, 0.05) is 61.7 Å².